The number of anilines is 1. The number of aromatic nitrogens is 3. The first-order chi connectivity index (χ1) is 13.8. The summed E-state index contributed by atoms with van der Waals surface area (Å²) in [5, 5.41) is 6.90. The molecule has 1 saturated heterocycles. The van der Waals surface area contributed by atoms with Crippen LogP contribution in [0, 0.1) is 0 Å². The van der Waals surface area contributed by atoms with E-state index in [1.807, 2.05) is 18.5 Å². The Balaban J connectivity index is 1.41. The van der Waals surface area contributed by atoms with Gasteiger partial charge in [0.15, 0.2) is 0 Å². The van der Waals surface area contributed by atoms with E-state index in [1.165, 1.54) is 35.1 Å². The average molecular weight is 371 g/mol. The van der Waals surface area contributed by atoms with Gasteiger partial charge in [0.25, 0.3) is 0 Å². The van der Waals surface area contributed by atoms with Crippen LogP contribution in [0.3, 0.4) is 0 Å². The number of pyridine rings is 1. The van der Waals surface area contributed by atoms with Crippen molar-refractivity contribution in [2.75, 3.05) is 25.0 Å². The highest BCUT2D eigenvalue weighted by molar-refractivity contribution is 5.72. The average Bonchev–Trinajstić information content (AvgIpc) is 2.76. The molecule has 1 fully saturated rings. The number of benzene rings is 1. The maximum absolute atomic E-state index is 4.91. The topological polar surface area (TPSA) is 62.7 Å². The summed E-state index contributed by atoms with van der Waals surface area (Å²) < 4.78 is 0. The molecule has 1 aliphatic carbocycles. The lowest BCUT2D eigenvalue weighted by Crippen LogP contribution is -2.43. The van der Waals surface area contributed by atoms with Crippen LogP contribution in [0.1, 0.15) is 29.5 Å². The number of piperidine rings is 1. The summed E-state index contributed by atoms with van der Waals surface area (Å²) in [6.45, 7) is 2.96. The van der Waals surface area contributed by atoms with Crippen molar-refractivity contribution in [3.05, 3.63) is 71.7 Å². The lowest BCUT2D eigenvalue weighted by Gasteiger charge is -2.42. The van der Waals surface area contributed by atoms with E-state index in [0.29, 0.717) is 5.95 Å². The summed E-state index contributed by atoms with van der Waals surface area (Å²) in [5.41, 5.74) is 6.56. The molecular formula is C23H25N5. The highest BCUT2D eigenvalue weighted by Gasteiger charge is 2.40. The number of hydrogen-bond donors (Lipinski definition) is 2. The van der Waals surface area contributed by atoms with Gasteiger partial charge in [0.2, 0.25) is 5.95 Å². The van der Waals surface area contributed by atoms with Crippen molar-refractivity contribution < 1.29 is 0 Å². The Bertz CT molecular complexity index is 964. The first kappa shape index (κ1) is 17.3. The largest absolute Gasteiger partial charge is 0.354 e. The van der Waals surface area contributed by atoms with E-state index in [-0.39, 0.29) is 5.41 Å². The van der Waals surface area contributed by atoms with E-state index in [0.717, 1.165) is 38.2 Å². The van der Waals surface area contributed by atoms with Crippen LogP contribution in [-0.2, 0) is 18.3 Å². The molecule has 3 aromatic rings. The number of fused-ring (bicyclic) bond motifs is 4. The molecule has 28 heavy (non-hydrogen) atoms. The van der Waals surface area contributed by atoms with Gasteiger partial charge in [-0.15, -0.1) is 0 Å². The lowest BCUT2D eigenvalue weighted by molar-refractivity contribution is 0.302. The van der Waals surface area contributed by atoms with E-state index in [4.69, 9.17) is 4.98 Å². The Kier molecular flexibility index (Phi) is 4.53. The number of nitrogens with one attached hydrogen (secondary N) is 2. The molecule has 5 rings (SSSR count). The maximum atomic E-state index is 4.91. The molecule has 2 aromatic heterocycles. The molecule has 1 spiro atoms. The Morgan fingerprint density at radius 2 is 1.93 bits per heavy atom. The molecule has 5 nitrogen and oxygen atoms in total. The van der Waals surface area contributed by atoms with Gasteiger partial charge in [0, 0.05) is 36.1 Å². The Labute approximate surface area is 165 Å². The molecule has 1 aliphatic heterocycles. The van der Waals surface area contributed by atoms with Gasteiger partial charge in [-0.25, -0.2) is 9.97 Å². The SMILES string of the molecule is c1cncc(CCNc2ncc3c(n2)-c2ccccc2C2(CCNCC2)C3)c1. The predicted octanol–water partition coefficient (Wildman–Crippen LogP) is 3.37. The van der Waals surface area contributed by atoms with Gasteiger partial charge >= 0.3 is 0 Å². The second-order valence-electron chi connectivity index (χ2n) is 7.86. The second-order valence-corrected chi connectivity index (χ2v) is 7.86. The van der Waals surface area contributed by atoms with Crippen molar-refractivity contribution in [3.63, 3.8) is 0 Å². The smallest absolute Gasteiger partial charge is 0.223 e. The molecule has 142 valence electrons. The molecule has 1 aromatic carbocycles. The minimum Gasteiger partial charge on any atom is -0.354 e. The van der Waals surface area contributed by atoms with Crippen molar-refractivity contribution >= 4 is 5.95 Å². The minimum absolute atomic E-state index is 0.230. The molecule has 5 heteroatoms. The third kappa shape index (κ3) is 3.16. The minimum atomic E-state index is 0.230. The van der Waals surface area contributed by atoms with Gasteiger partial charge in [-0.2, -0.15) is 0 Å². The van der Waals surface area contributed by atoms with Crippen molar-refractivity contribution in [2.24, 2.45) is 0 Å². The van der Waals surface area contributed by atoms with E-state index in [2.05, 4.69) is 50.9 Å². The van der Waals surface area contributed by atoms with Gasteiger partial charge in [-0.05, 0) is 61.5 Å². The monoisotopic (exact) mass is 371 g/mol. The fourth-order valence-corrected chi connectivity index (χ4v) is 4.68. The van der Waals surface area contributed by atoms with Gasteiger partial charge < -0.3 is 10.6 Å². The molecule has 2 aliphatic rings. The summed E-state index contributed by atoms with van der Waals surface area (Å²) in [6, 6.07) is 12.9. The zero-order valence-electron chi connectivity index (χ0n) is 16.0. The standard InChI is InChI=1S/C23H25N5/c1-2-6-20-19(5-1)21-18(14-23(20)8-12-24-13-9-23)16-27-22(28-21)26-11-7-17-4-3-10-25-15-17/h1-6,10,15-16,24H,7-9,11-14H2,(H,26,27,28). The number of hydrogen-bond acceptors (Lipinski definition) is 5. The summed E-state index contributed by atoms with van der Waals surface area (Å²) >= 11 is 0. The first-order valence-electron chi connectivity index (χ1n) is 10.1. The van der Waals surface area contributed by atoms with Crippen molar-refractivity contribution in [1.82, 2.24) is 20.3 Å². The maximum Gasteiger partial charge on any atom is 0.223 e. The zero-order chi connectivity index (χ0) is 18.8. The van der Waals surface area contributed by atoms with Crippen molar-refractivity contribution in [2.45, 2.75) is 31.1 Å². The highest BCUT2D eigenvalue weighted by Crippen LogP contribution is 2.46. The molecule has 0 saturated carbocycles. The van der Waals surface area contributed by atoms with E-state index < -0.39 is 0 Å². The van der Waals surface area contributed by atoms with Crippen LogP contribution in [0.25, 0.3) is 11.3 Å². The van der Waals surface area contributed by atoms with Crippen LogP contribution in [0.15, 0.2) is 55.0 Å². The molecule has 2 N–H and O–H groups in total. The van der Waals surface area contributed by atoms with Crippen LogP contribution < -0.4 is 10.6 Å². The molecule has 3 heterocycles. The third-order valence-corrected chi connectivity index (χ3v) is 6.13. The molecule has 0 unspecified atom stereocenters. The summed E-state index contributed by atoms with van der Waals surface area (Å²) in [6.07, 6.45) is 10.0. The molecule has 0 bridgehead atoms. The Hall–Kier alpha value is -2.79. The molecule has 0 radical (unpaired) electrons. The van der Waals surface area contributed by atoms with E-state index in [9.17, 15) is 0 Å². The fourth-order valence-electron chi connectivity index (χ4n) is 4.68. The lowest BCUT2D eigenvalue weighted by atomic mass is 9.64. The second kappa shape index (κ2) is 7.32. The molecule has 0 atom stereocenters. The van der Waals surface area contributed by atoms with Crippen LogP contribution in [0.5, 0.6) is 0 Å². The summed E-state index contributed by atoms with van der Waals surface area (Å²) in [4.78, 5) is 13.7. The Morgan fingerprint density at radius 1 is 1.04 bits per heavy atom. The van der Waals surface area contributed by atoms with Gasteiger partial charge in [0.05, 0.1) is 5.69 Å². The van der Waals surface area contributed by atoms with E-state index in [1.54, 1.807) is 6.20 Å². The van der Waals surface area contributed by atoms with Crippen LogP contribution in [0.4, 0.5) is 5.95 Å². The van der Waals surface area contributed by atoms with Crippen molar-refractivity contribution in [1.29, 1.82) is 0 Å². The van der Waals surface area contributed by atoms with Gasteiger partial charge in [-0.1, -0.05) is 30.3 Å². The van der Waals surface area contributed by atoms with Crippen molar-refractivity contribution in [3.8, 4) is 11.3 Å². The van der Waals surface area contributed by atoms with Gasteiger partial charge in [0.1, 0.15) is 0 Å². The summed E-state index contributed by atoms with van der Waals surface area (Å²) in [5.74, 6) is 0.707. The number of rotatable bonds is 4. The fraction of sp³-hybridized carbons (Fsp3) is 0.348. The van der Waals surface area contributed by atoms with Gasteiger partial charge in [-0.3, -0.25) is 4.98 Å². The zero-order valence-corrected chi connectivity index (χ0v) is 16.0. The number of nitrogens with zero attached hydrogens (tertiary/aromatic N) is 3. The predicted molar refractivity (Wildman–Crippen MR) is 111 cm³/mol. The summed E-state index contributed by atoms with van der Waals surface area (Å²) in [7, 11) is 0. The first-order valence-corrected chi connectivity index (χ1v) is 10.1. The molecular weight excluding hydrogens is 346 g/mol. The molecule has 0 amide bonds. The highest BCUT2D eigenvalue weighted by atomic mass is 15.1. The van der Waals surface area contributed by atoms with E-state index >= 15 is 0 Å². The third-order valence-electron chi connectivity index (χ3n) is 6.13. The quantitative estimate of drug-likeness (QED) is 0.736. The normalized spacial score (nSPS) is 17.0. The van der Waals surface area contributed by atoms with Crippen LogP contribution in [-0.4, -0.2) is 34.6 Å². The Morgan fingerprint density at radius 3 is 2.79 bits per heavy atom. The van der Waals surface area contributed by atoms with Crippen LogP contribution >= 0.6 is 0 Å². The van der Waals surface area contributed by atoms with Crippen LogP contribution in [0.2, 0.25) is 0 Å².